The van der Waals surface area contributed by atoms with E-state index in [0.717, 1.165) is 12.0 Å². The smallest absolute Gasteiger partial charge is 0.264 e. The first-order valence-corrected chi connectivity index (χ1v) is 9.77. The van der Waals surface area contributed by atoms with Gasteiger partial charge in [-0.25, -0.2) is 8.42 Å². The minimum absolute atomic E-state index is 0.0722. The van der Waals surface area contributed by atoms with Crippen molar-refractivity contribution in [1.29, 1.82) is 0 Å². The monoisotopic (exact) mass is 358 g/mol. The third-order valence-electron chi connectivity index (χ3n) is 4.37. The Hall–Kier alpha value is -2.34. The standard InChI is InChI=1S/C19H22N2O3S/c1-14(2)21(17-7-5-4-6-8-17)25(23,24)18-10-9-16-11-12-20(15(3)22)19(16)13-18/h4-10,13-14H,11-12H2,1-3H3. The van der Waals surface area contributed by atoms with Crippen LogP contribution in [0, 0.1) is 0 Å². The van der Waals surface area contributed by atoms with Crippen molar-refractivity contribution in [3.63, 3.8) is 0 Å². The highest BCUT2D eigenvalue weighted by Gasteiger charge is 2.30. The van der Waals surface area contributed by atoms with E-state index >= 15 is 0 Å². The first-order valence-electron chi connectivity index (χ1n) is 8.33. The van der Waals surface area contributed by atoms with Crippen molar-refractivity contribution in [2.24, 2.45) is 0 Å². The molecule has 3 rings (SSSR count). The van der Waals surface area contributed by atoms with Crippen molar-refractivity contribution >= 4 is 27.3 Å². The lowest BCUT2D eigenvalue weighted by Gasteiger charge is -2.28. The molecule has 25 heavy (non-hydrogen) atoms. The van der Waals surface area contributed by atoms with E-state index in [4.69, 9.17) is 0 Å². The first-order chi connectivity index (χ1) is 11.8. The van der Waals surface area contributed by atoms with Gasteiger partial charge in [0.15, 0.2) is 0 Å². The average molecular weight is 358 g/mol. The van der Waals surface area contributed by atoms with E-state index in [1.54, 1.807) is 29.2 Å². The molecule has 0 saturated carbocycles. The summed E-state index contributed by atoms with van der Waals surface area (Å²) in [7, 11) is -3.73. The van der Waals surface area contributed by atoms with Crippen LogP contribution in [0.3, 0.4) is 0 Å². The SMILES string of the molecule is CC(=O)N1CCc2ccc(S(=O)(=O)N(c3ccccc3)C(C)C)cc21. The van der Waals surface area contributed by atoms with Gasteiger partial charge in [0.1, 0.15) is 0 Å². The van der Waals surface area contributed by atoms with Gasteiger partial charge in [-0.15, -0.1) is 0 Å². The predicted molar refractivity (Wildman–Crippen MR) is 99.4 cm³/mol. The van der Waals surface area contributed by atoms with Gasteiger partial charge in [-0.3, -0.25) is 9.10 Å². The molecule has 1 heterocycles. The molecule has 0 radical (unpaired) electrons. The van der Waals surface area contributed by atoms with Gasteiger partial charge in [-0.1, -0.05) is 24.3 Å². The van der Waals surface area contributed by atoms with Crippen LogP contribution < -0.4 is 9.21 Å². The Morgan fingerprint density at radius 2 is 1.80 bits per heavy atom. The summed E-state index contributed by atoms with van der Waals surface area (Å²) in [4.78, 5) is 13.6. The number of anilines is 2. The number of benzene rings is 2. The van der Waals surface area contributed by atoms with Gasteiger partial charge in [0, 0.05) is 25.2 Å². The Bertz CT molecular complexity index is 892. The summed E-state index contributed by atoms with van der Waals surface area (Å²) in [5.41, 5.74) is 2.33. The normalized spacial score (nSPS) is 13.8. The lowest BCUT2D eigenvalue weighted by molar-refractivity contribution is -0.116. The molecule has 0 spiro atoms. The lowest BCUT2D eigenvalue weighted by Crippen LogP contribution is -2.37. The van der Waals surface area contributed by atoms with Gasteiger partial charge in [-0.05, 0) is 50.1 Å². The highest BCUT2D eigenvalue weighted by atomic mass is 32.2. The molecule has 1 aliphatic rings. The third kappa shape index (κ3) is 3.14. The molecule has 0 bridgehead atoms. The number of carbonyl (C=O) groups excluding carboxylic acids is 1. The maximum atomic E-state index is 13.3. The van der Waals surface area contributed by atoms with Crippen LogP contribution in [-0.4, -0.2) is 26.9 Å². The number of hydrogen-bond donors (Lipinski definition) is 0. The number of nitrogens with zero attached hydrogens (tertiary/aromatic N) is 2. The average Bonchev–Trinajstić information content (AvgIpc) is 2.98. The van der Waals surface area contributed by atoms with Crippen molar-refractivity contribution in [2.75, 3.05) is 15.7 Å². The van der Waals surface area contributed by atoms with E-state index < -0.39 is 10.0 Å². The number of para-hydroxylation sites is 1. The Balaban J connectivity index is 2.08. The maximum Gasteiger partial charge on any atom is 0.264 e. The predicted octanol–water partition coefficient (Wildman–Crippen LogP) is 3.20. The molecule has 0 aromatic heterocycles. The van der Waals surface area contributed by atoms with Crippen LogP contribution in [-0.2, 0) is 21.2 Å². The van der Waals surface area contributed by atoms with E-state index in [9.17, 15) is 13.2 Å². The molecule has 0 atom stereocenters. The van der Waals surface area contributed by atoms with Crippen LogP contribution in [0.15, 0.2) is 53.4 Å². The summed E-state index contributed by atoms with van der Waals surface area (Å²) in [6, 6.07) is 13.9. The quantitative estimate of drug-likeness (QED) is 0.843. The minimum Gasteiger partial charge on any atom is -0.312 e. The van der Waals surface area contributed by atoms with Crippen LogP contribution in [0.1, 0.15) is 26.3 Å². The summed E-state index contributed by atoms with van der Waals surface area (Å²) >= 11 is 0. The zero-order chi connectivity index (χ0) is 18.2. The highest BCUT2D eigenvalue weighted by Crippen LogP contribution is 2.33. The van der Waals surface area contributed by atoms with Crippen LogP contribution >= 0.6 is 0 Å². The number of carbonyl (C=O) groups is 1. The molecule has 2 aromatic carbocycles. The van der Waals surface area contributed by atoms with E-state index in [2.05, 4.69) is 0 Å². The van der Waals surface area contributed by atoms with Gasteiger partial charge in [0.2, 0.25) is 5.91 Å². The number of rotatable bonds is 4. The van der Waals surface area contributed by atoms with Gasteiger partial charge in [0.25, 0.3) is 10.0 Å². The fraction of sp³-hybridized carbons (Fsp3) is 0.316. The molecular formula is C19H22N2O3S. The van der Waals surface area contributed by atoms with Crippen molar-refractivity contribution in [3.8, 4) is 0 Å². The Morgan fingerprint density at radius 1 is 1.12 bits per heavy atom. The van der Waals surface area contributed by atoms with Crippen LogP contribution in [0.25, 0.3) is 0 Å². The molecule has 1 amide bonds. The van der Waals surface area contributed by atoms with E-state index in [0.29, 0.717) is 17.9 Å². The summed E-state index contributed by atoms with van der Waals surface area (Å²) in [5.74, 6) is -0.0722. The second kappa shape index (κ2) is 6.52. The second-order valence-corrected chi connectivity index (χ2v) is 8.26. The number of sulfonamides is 1. The first kappa shape index (κ1) is 17.5. The van der Waals surface area contributed by atoms with E-state index in [-0.39, 0.29) is 16.8 Å². The topological polar surface area (TPSA) is 57.7 Å². The van der Waals surface area contributed by atoms with Crippen LogP contribution in [0.2, 0.25) is 0 Å². The van der Waals surface area contributed by atoms with Crippen molar-refractivity contribution < 1.29 is 13.2 Å². The largest absolute Gasteiger partial charge is 0.312 e. The molecular weight excluding hydrogens is 336 g/mol. The number of amides is 1. The third-order valence-corrected chi connectivity index (χ3v) is 6.37. The molecule has 2 aromatic rings. The lowest BCUT2D eigenvalue weighted by atomic mass is 10.2. The maximum absolute atomic E-state index is 13.3. The Morgan fingerprint density at radius 3 is 2.40 bits per heavy atom. The van der Waals surface area contributed by atoms with Crippen LogP contribution in [0.4, 0.5) is 11.4 Å². The van der Waals surface area contributed by atoms with E-state index in [1.165, 1.54) is 11.2 Å². The van der Waals surface area contributed by atoms with E-state index in [1.807, 2.05) is 38.1 Å². The Kier molecular flexibility index (Phi) is 4.56. The fourth-order valence-electron chi connectivity index (χ4n) is 3.25. The molecule has 5 nitrogen and oxygen atoms in total. The second-order valence-electron chi connectivity index (χ2n) is 6.44. The molecule has 0 aliphatic carbocycles. The fourth-order valence-corrected chi connectivity index (χ4v) is 4.93. The molecule has 0 N–H and O–H groups in total. The summed E-state index contributed by atoms with van der Waals surface area (Å²) < 4.78 is 28.0. The summed E-state index contributed by atoms with van der Waals surface area (Å²) in [6.45, 7) is 5.79. The highest BCUT2D eigenvalue weighted by molar-refractivity contribution is 7.92. The molecule has 6 heteroatoms. The van der Waals surface area contributed by atoms with Crippen molar-refractivity contribution in [2.45, 2.75) is 38.1 Å². The Labute approximate surface area is 148 Å². The van der Waals surface area contributed by atoms with Gasteiger partial charge >= 0.3 is 0 Å². The minimum atomic E-state index is -3.73. The number of hydrogen-bond acceptors (Lipinski definition) is 3. The van der Waals surface area contributed by atoms with Gasteiger partial charge in [-0.2, -0.15) is 0 Å². The van der Waals surface area contributed by atoms with Crippen molar-refractivity contribution in [1.82, 2.24) is 0 Å². The summed E-state index contributed by atoms with van der Waals surface area (Å²) in [5, 5.41) is 0. The van der Waals surface area contributed by atoms with Gasteiger partial charge < -0.3 is 4.90 Å². The molecule has 1 aliphatic heterocycles. The molecule has 0 unspecified atom stereocenters. The van der Waals surface area contributed by atoms with Crippen molar-refractivity contribution in [3.05, 3.63) is 54.1 Å². The van der Waals surface area contributed by atoms with Crippen LogP contribution in [0.5, 0.6) is 0 Å². The summed E-state index contributed by atoms with van der Waals surface area (Å²) in [6.07, 6.45) is 0.752. The molecule has 0 saturated heterocycles. The zero-order valence-corrected chi connectivity index (χ0v) is 15.5. The zero-order valence-electron chi connectivity index (χ0n) is 14.6. The van der Waals surface area contributed by atoms with Gasteiger partial charge in [0.05, 0.1) is 10.6 Å². The molecule has 0 fully saturated rings. The molecule has 132 valence electrons. The number of fused-ring (bicyclic) bond motifs is 1.